The van der Waals surface area contributed by atoms with Crippen LogP contribution in [0.5, 0.6) is 17.2 Å². The third kappa shape index (κ3) is 12.1. The molecule has 5 fully saturated rings. The average Bonchev–Trinajstić information content (AvgIpc) is 3.36. The molecular weight excluding hydrogens is 1010 g/mol. The van der Waals surface area contributed by atoms with Crippen LogP contribution in [-0.2, 0) is 63.3 Å². The van der Waals surface area contributed by atoms with Gasteiger partial charge >= 0.3 is 0 Å². The van der Waals surface area contributed by atoms with Gasteiger partial charge in [0.1, 0.15) is 66.1 Å². The van der Waals surface area contributed by atoms with Crippen LogP contribution in [-0.4, -0.2) is 224 Å². The minimum absolute atomic E-state index is 0.0217. The number of ketones is 2. The lowest BCUT2D eigenvalue weighted by molar-refractivity contribution is -0.329. The molecule has 2 aromatic carbocycles. The van der Waals surface area contributed by atoms with Crippen molar-refractivity contribution in [1.82, 2.24) is 0 Å². The van der Waals surface area contributed by atoms with E-state index in [9.17, 15) is 55.9 Å². The van der Waals surface area contributed by atoms with E-state index in [0.717, 1.165) is 0 Å². The summed E-state index contributed by atoms with van der Waals surface area (Å²) < 4.78 is 72.1. The van der Waals surface area contributed by atoms with Crippen molar-refractivity contribution < 1.29 is 117 Å². The van der Waals surface area contributed by atoms with Crippen molar-refractivity contribution in [2.75, 3.05) is 14.2 Å². The number of fused-ring (bicyclic) bond motifs is 2. The van der Waals surface area contributed by atoms with Crippen molar-refractivity contribution in [2.45, 2.75) is 234 Å². The number of aliphatic hydroxyl groups is 8. The summed E-state index contributed by atoms with van der Waals surface area (Å²) >= 11 is 0. The minimum atomic E-state index is -1.94. The number of carbonyl (C=O) groups is 2. The summed E-state index contributed by atoms with van der Waals surface area (Å²) in [6.07, 6.45) is -26.4. The van der Waals surface area contributed by atoms with Crippen molar-refractivity contribution in [3.63, 3.8) is 0 Å². The standard InChI is InChI=1S/C52H76O24/c1-18-30(72-36-15-31(44(59)21(4)68-36)73-34-13-28(54)43(58)20(3)67-34)12-26-10-25-11-27(51(66-9)49(64)42(57)19(2)53)52(48(63)40(25)47(62)39(26)41(18)56)76-38-17-33(46(61)23(6)70-38)75-37-16-32(45(60)22(5)69-37)74-35-14-29(55)50(65-8)24(7)71-35/h10,12,19-24,27-29,31-38,42-46,50-62H,11,13-17H2,1-9H3/t19-,20-,21-,22-,23-,24-,27+,28-,29-,31-,32-,33-,34+,35+,36+,37+,38+,42+,43-,44-,45-,46-,50-,51+,52+/m1/s1. The summed E-state index contributed by atoms with van der Waals surface area (Å²) in [4.78, 5) is 28.9. The number of hydrogen-bond donors (Lipinski definition) is 10. The van der Waals surface area contributed by atoms with Gasteiger partial charge in [0, 0.05) is 57.8 Å². The normalized spacial score (nSPS) is 41.5. The predicted molar refractivity (Wildman–Crippen MR) is 259 cm³/mol. The van der Waals surface area contributed by atoms with E-state index in [0.29, 0.717) is 0 Å². The van der Waals surface area contributed by atoms with Gasteiger partial charge in [0.05, 0.1) is 78.1 Å². The molecule has 0 radical (unpaired) electrons. The second kappa shape index (κ2) is 24.2. The second-order valence-corrected chi connectivity index (χ2v) is 21.2. The topological polar surface area (TPSA) is 347 Å². The van der Waals surface area contributed by atoms with Crippen LogP contribution in [0.15, 0.2) is 12.1 Å². The van der Waals surface area contributed by atoms with Gasteiger partial charge in [-0.05, 0) is 78.0 Å². The lowest BCUT2D eigenvalue weighted by Gasteiger charge is -2.45. The molecule has 0 amide bonds. The van der Waals surface area contributed by atoms with E-state index < -0.39 is 176 Å². The first-order valence-electron chi connectivity index (χ1n) is 26.1. The Kier molecular flexibility index (Phi) is 18.7. The van der Waals surface area contributed by atoms with Gasteiger partial charge in [-0.3, -0.25) is 9.59 Å². The molecule has 5 aliphatic heterocycles. The van der Waals surface area contributed by atoms with Gasteiger partial charge in [-0.15, -0.1) is 0 Å². The van der Waals surface area contributed by atoms with E-state index in [-0.39, 0.29) is 71.7 Å². The zero-order valence-corrected chi connectivity index (χ0v) is 44.0. The fourth-order valence-corrected chi connectivity index (χ4v) is 11.4. The number of Topliss-reactive ketones (excluding diaryl/α,β-unsaturated/α-hetero) is 2. The number of rotatable bonds is 16. The summed E-state index contributed by atoms with van der Waals surface area (Å²) in [6.45, 7) is 10.8. The molecule has 6 aliphatic rings. The molecule has 25 atom stereocenters. The van der Waals surface area contributed by atoms with Crippen LogP contribution >= 0.6 is 0 Å². The predicted octanol–water partition coefficient (Wildman–Crippen LogP) is 0.0147. The molecule has 0 spiro atoms. The van der Waals surface area contributed by atoms with Crippen molar-refractivity contribution in [2.24, 2.45) is 5.92 Å². The van der Waals surface area contributed by atoms with E-state index in [1.807, 2.05) is 0 Å². The molecule has 8 rings (SSSR count). The Bertz CT molecular complexity index is 2310. The van der Waals surface area contributed by atoms with E-state index in [4.69, 9.17) is 56.8 Å². The Morgan fingerprint density at radius 1 is 0.632 bits per heavy atom. The van der Waals surface area contributed by atoms with Crippen LogP contribution in [0, 0.1) is 12.8 Å². The van der Waals surface area contributed by atoms with Crippen LogP contribution < -0.4 is 4.74 Å². The summed E-state index contributed by atoms with van der Waals surface area (Å²) in [7, 11) is 2.66. The second-order valence-electron chi connectivity index (χ2n) is 21.2. The zero-order valence-electron chi connectivity index (χ0n) is 44.0. The van der Waals surface area contributed by atoms with E-state index in [1.165, 1.54) is 40.2 Å². The number of carbonyl (C=O) groups excluding carboxylic acids is 2. The molecule has 5 saturated heterocycles. The van der Waals surface area contributed by atoms with Gasteiger partial charge in [0.2, 0.25) is 6.29 Å². The number of phenols is 2. The van der Waals surface area contributed by atoms with Crippen molar-refractivity contribution in [3.05, 3.63) is 28.8 Å². The molecule has 2 aromatic rings. The van der Waals surface area contributed by atoms with Gasteiger partial charge in [-0.2, -0.15) is 0 Å². The maximum absolute atomic E-state index is 15.0. The number of benzene rings is 2. The summed E-state index contributed by atoms with van der Waals surface area (Å²) in [6, 6.07) is 3.04. The molecule has 0 saturated carbocycles. The van der Waals surface area contributed by atoms with E-state index in [1.54, 1.807) is 34.6 Å². The number of phenolic OH excluding ortho intramolecular Hbond substituents is 2. The van der Waals surface area contributed by atoms with Gasteiger partial charge in [-0.25, -0.2) is 0 Å². The Labute approximate surface area is 439 Å². The highest BCUT2D eigenvalue weighted by atomic mass is 16.7. The number of ether oxygens (including phenoxy) is 12. The highest BCUT2D eigenvalue weighted by Gasteiger charge is 2.51. The van der Waals surface area contributed by atoms with Crippen molar-refractivity contribution in [1.29, 1.82) is 0 Å². The third-order valence-electron chi connectivity index (χ3n) is 15.8. The molecule has 76 heavy (non-hydrogen) atoms. The monoisotopic (exact) mass is 1080 g/mol. The summed E-state index contributed by atoms with van der Waals surface area (Å²) in [5, 5.41) is 110. The Hall–Kier alpha value is -3.32. The fourth-order valence-electron chi connectivity index (χ4n) is 11.4. The SMILES string of the molecule is CO[C@H]1[C@H](O)C[C@H](O[C@@H]2C[C@H](O[C@@H]3C[C@H](O[C@@H]4C(=O)c5c(cc6cc(O[C@H]7C[C@@H](O[C@H]8C[C@@H](O)[C@H](O)[C@@H](C)O8)[C@H](O)[C@@H](C)O7)c(C)c(O)c6c5O)C[C@H]4[C@H](OC)C(=O)[C@@H](O)[C@@H](C)O)O[C@H](C)[C@H]3O)O[C@H](C)[C@H]2O)O[C@@H]1C. The Balaban J connectivity index is 1.04. The number of aliphatic hydroxyl groups excluding tert-OH is 8. The zero-order chi connectivity index (χ0) is 55.3. The minimum Gasteiger partial charge on any atom is -0.507 e. The molecule has 10 N–H and O–H groups in total. The largest absolute Gasteiger partial charge is 0.507 e. The fraction of sp³-hybridized carbons (Fsp3) is 0.769. The van der Waals surface area contributed by atoms with Crippen LogP contribution in [0.2, 0.25) is 0 Å². The molecule has 428 valence electrons. The summed E-state index contributed by atoms with van der Waals surface area (Å²) in [5.41, 5.74) is 0.0872. The van der Waals surface area contributed by atoms with Crippen LogP contribution in [0.3, 0.4) is 0 Å². The Morgan fingerprint density at radius 2 is 1.11 bits per heavy atom. The van der Waals surface area contributed by atoms with Crippen LogP contribution in [0.25, 0.3) is 10.8 Å². The number of aromatic hydroxyl groups is 2. The summed E-state index contributed by atoms with van der Waals surface area (Å²) in [5.74, 6) is -4.02. The highest BCUT2D eigenvalue weighted by Crippen LogP contribution is 2.47. The van der Waals surface area contributed by atoms with Crippen molar-refractivity contribution >= 4 is 22.3 Å². The molecule has 5 heterocycles. The van der Waals surface area contributed by atoms with E-state index >= 15 is 4.79 Å². The van der Waals surface area contributed by atoms with Gasteiger partial charge < -0.3 is 108 Å². The maximum Gasteiger partial charge on any atom is 0.202 e. The lowest BCUT2D eigenvalue weighted by atomic mass is 9.75. The first kappa shape index (κ1) is 58.8. The number of methoxy groups -OCH3 is 2. The average molecular weight is 1090 g/mol. The number of hydrogen-bond acceptors (Lipinski definition) is 24. The van der Waals surface area contributed by atoms with Gasteiger partial charge in [-0.1, -0.05) is 0 Å². The first-order chi connectivity index (χ1) is 35.9. The van der Waals surface area contributed by atoms with E-state index in [2.05, 4.69) is 0 Å². The molecular formula is C52H76O24. The Morgan fingerprint density at radius 3 is 1.61 bits per heavy atom. The lowest BCUT2D eigenvalue weighted by Crippen LogP contribution is -2.57. The molecule has 0 aromatic heterocycles. The molecule has 1 aliphatic carbocycles. The molecule has 24 heteroatoms. The first-order valence-corrected chi connectivity index (χ1v) is 26.1. The molecule has 0 unspecified atom stereocenters. The molecule has 0 bridgehead atoms. The van der Waals surface area contributed by atoms with Gasteiger partial charge in [0.25, 0.3) is 0 Å². The third-order valence-corrected chi connectivity index (χ3v) is 15.8. The smallest absolute Gasteiger partial charge is 0.202 e. The quantitative estimate of drug-likeness (QED) is 0.106. The van der Waals surface area contributed by atoms with Crippen LogP contribution in [0.4, 0.5) is 0 Å². The van der Waals surface area contributed by atoms with Gasteiger partial charge in [0.15, 0.2) is 36.7 Å². The maximum atomic E-state index is 15.0. The highest BCUT2D eigenvalue weighted by molar-refractivity contribution is 6.11. The van der Waals surface area contributed by atoms with Crippen LogP contribution in [0.1, 0.15) is 95.1 Å². The van der Waals surface area contributed by atoms with Crippen molar-refractivity contribution in [3.8, 4) is 17.2 Å². The molecule has 24 nitrogen and oxygen atoms in total.